The van der Waals surface area contributed by atoms with E-state index in [-0.39, 0.29) is 0 Å². The van der Waals surface area contributed by atoms with Crippen LogP contribution >= 0.6 is 0 Å². The van der Waals surface area contributed by atoms with Gasteiger partial charge in [-0.25, -0.2) is 9.13 Å². The fourth-order valence-corrected chi connectivity index (χ4v) is 0.575. The van der Waals surface area contributed by atoms with Crippen molar-refractivity contribution in [2.75, 3.05) is 0 Å². The Kier molecular flexibility index (Phi) is 4.76. The van der Waals surface area contributed by atoms with Crippen LogP contribution in [0.5, 0.6) is 0 Å². The summed E-state index contributed by atoms with van der Waals surface area (Å²) >= 11 is 0. The van der Waals surface area contributed by atoms with Gasteiger partial charge in [-0.2, -0.15) is 0 Å². The van der Waals surface area contributed by atoms with Gasteiger partial charge in [-0.1, -0.05) is 0 Å². The maximum absolute atomic E-state index is 9.46. The third-order valence-corrected chi connectivity index (χ3v) is 1.27. The minimum absolute atomic E-state index is 0.843. The summed E-state index contributed by atoms with van der Waals surface area (Å²) in [5, 5.41) is 9.46. The lowest BCUT2D eigenvalue weighted by Gasteiger charge is -2.01. The van der Waals surface area contributed by atoms with Gasteiger partial charge in [0.25, 0.3) is 0 Å². The highest BCUT2D eigenvalue weighted by atomic mass is 16.4. The Labute approximate surface area is 77.4 Å². The number of nitrogens with zero attached hydrogens (tertiary/aromatic N) is 2. The summed E-state index contributed by atoms with van der Waals surface area (Å²) < 4.78 is 4.00. The molecular formula is C8H15N3O2. The van der Waals surface area contributed by atoms with Crippen LogP contribution in [0.2, 0.25) is 0 Å². The number of aromatic nitrogens is 2. The number of hydrogen-bond acceptors (Lipinski definition) is 3. The van der Waals surface area contributed by atoms with Crippen molar-refractivity contribution < 1.29 is 14.5 Å². The summed E-state index contributed by atoms with van der Waals surface area (Å²) in [5.41, 5.74) is 4.77. The summed E-state index contributed by atoms with van der Waals surface area (Å²) in [7, 11) is 4.00. The van der Waals surface area contributed by atoms with Crippen LogP contribution in [0.3, 0.4) is 0 Å². The second kappa shape index (κ2) is 5.31. The molecule has 1 heterocycles. The maximum Gasteiger partial charge on any atom is 0.243 e. The normalized spacial score (nSPS) is 11.4. The molecule has 0 aliphatic heterocycles. The Balaban J connectivity index is 0.000000226. The number of carbonyl (C=O) groups is 1. The molecule has 1 atom stereocenters. The van der Waals surface area contributed by atoms with E-state index in [4.69, 9.17) is 5.73 Å². The van der Waals surface area contributed by atoms with Gasteiger partial charge < -0.3 is 15.6 Å². The monoisotopic (exact) mass is 185 g/mol. The van der Waals surface area contributed by atoms with Gasteiger partial charge in [0.2, 0.25) is 6.33 Å². The fraction of sp³-hybridized carbons (Fsp3) is 0.500. The Morgan fingerprint density at radius 2 is 2.15 bits per heavy atom. The first kappa shape index (κ1) is 11.6. The molecule has 0 aliphatic rings. The van der Waals surface area contributed by atoms with Gasteiger partial charge >= 0.3 is 0 Å². The minimum atomic E-state index is -1.21. The van der Waals surface area contributed by atoms with E-state index in [2.05, 4.69) is 0 Å². The van der Waals surface area contributed by atoms with E-state index in [9.17, 15) is 9.90 Å². The molecule has 1 aromatic rings. The largest absolute Gasteiger partial charge is 0.548 e. The number of aliphatic carboxylic acids is 1. The van der Waals surface area contributed by atoms with Crippen LogP contribution < -0.4 is 15.4 Å². The Morgan fingerprint density at radius 3 is 2.23 bits per heavy atom. The molecule has 2 N–H and O–H groups in total. The van der Waals surface area contributed by atoms with Gasteiger partial charge in [0.05, 0.1) is 20.1 Å². The van der Waals surface area contributed by atoms with E-state index in [1.54, 1.807) is 0 Å². The van der Waals surface area contributed by atoms with Crippen molar-refractivity contribution >= 4 is 5.97 Å². The van der Waals surface area contributed by atoms with Gasteiger partial charge in [-0.05, 0) is 6.92 Å². The average molecular weight is 185 g/mol. The zero-order valence-corrected chi connectivity index (χ0v) is 8.10. The first-order valence-electron chi connectivity index (χ1n) is 3.87. The summed E-state index contributed by atoms with van der Waals surface area (Å²) in [6.07, 6.45) is 6.00. The summed E-state index contributed by atoms with van der Waals surface area (Å²) in [4.78, 5) is 9.46. The smallest absolute Gasteiger partial charge is 0.243 e. The quantitative estimate of drug-likeness (QED) is 0.511. The van der Waals surface area contributed by atoms with Crippen molar-refractivity contribution in [1.82, 2.24) is 4.57 Å². The molecule has 0 bridgehead atoms. The van der Waals surface area contributed by atoms with Gasteiger partial charge in [0.15, 0.2) is 0 Å². The second-order valence-corrected chi connectivity index (χ2v) is 2.85. The van der Waals surface area contributed by atoms with Gasteiger partial charge in [0, 0.05) is 6.04 Å². The van der Waals surface area contributed by atoms with E-state index >= 15 is 0 Å². The summed E-state index contributed by atoms with van der Waals surface area (Å²) in [5.74, 6) is -1.21. The van der Waals surface area contributed by atoms with Gasteiger partial charge in [-0.15, -0.1) is 0 Å². The molecule has 0 aromatic carbocycles. The van der Waals surface area contributed by atoms with Crippen molar-refractivity contribution in [3.05, 3.63) is 18.7 Å². The number of imidazole rings is 1. The lowest BCUT2D eigenvalue weighted by Crippen LogP contribution is -2.39. The zero-order valence-electron chi connectivity index (χ0n) is 8.10. The number of carbonyl (C=O) groups excluding carboxylic acids is 1. The van der Waals surface area contributed by atoms with Crippen molar-refractivity contribution in [3.63, 3.8) is 0 Å². The van der Waals surface area contributed by atoms with Crippen molar-refractivity contribution in [2.24, 2.45) is 19.8 Å². The molecule has 0 spiro atoms. The summed E-state index contributed by atoms with van der Waals surface area (Å²) in [6.45, 7) is 1.36. The van der Waals surface area contributed by atoms with Crippen molar-refractivity contribution in [1.29, 1.82) is 0 Å². The highest BCUT2D eigenvalue weighted by Crippen LogP contribution is 1.70. The average Bonchev–Trinajstić information content (AvgIpc) is 2.35. The number of aryl methyl sites for hydroxylation is 2. The topological polar surface area (TPSA) is 75.0 Å². The molecule has 1 rings (SSSR count). The predicted octanol–water partition coefficient (Wildman–Crippen LogP) is -2.07. The Bertz CT molecular complexity index is 252. The van der Waals surface area contributed by atoms with Crippen LogP contribution in [0.4, 0.5) is 0 Å². The first-order valence-corrected chi connectivity index (χ1v) is 3.87. The van der Waals surface area contributed by atoms with Crippen LogP contribution in [0.1, 0.15) is 6.92 Å². The van der Waals surface area contributed by atoms with E-state index < -0.39 is 12.0 Å². The lowest BCUT2D eigenvalue weighted by atomic mass is 10.4. The number of hydrogen-bond donors (Lipinski definition) is 1. The van der Waals surface area contributed by atoms with Crippen LogP contribution in [0.25, 0.3) is 0 Å². The molecule has 5 heteroatoms. The molecule has 0 aliphatic carbocycles. The van der Waals surface area contributed by atoms with Crippen molar-refractivity contribution in [3.8, 4) is 0 Å². The number of nitrogens with two attached hydrogens (primary N) is 1. The zero-order chi connectivity index (χ0) is 10.4. The molecule has 0 amide bonds. The standard InChI is InChI=1S/C5H9N2.C3H7NO2/c1-6-3-4-7(2)5-6;1-2(4)3(5)6/h3-5H,1-2H3;2H,4H2,1H3,(H,5,6)/q+1;/p-1/t;2-/m.0/s1. The lowest BCUT2D eigenvalue weighted by molar-refractivity contribution is -0.670. The fourth-order valence-electron chi connectivity index (χ4n) is 0.575. The maximum atomic E-state index is 9.46. The molecule has 0 fully saturated rings. The minimum Gasteiger partial charge on any atom is -0.548 e. The molecule has 0 saturated heterocycles. The first-order chi connectivity index (χ1) is 5.93. The Morgan fingerprint density at radius 1 is 1.69 bits per heavy atom. The number of carboxylic acid groups (broad SMARTS) is 1. The van der Waals surface area contributed by atoms with Gasteiger partial charge in [0.1, 0.15) is 12.4 Å². The van der Waals surface area contributed by atoms with Crippen LogP contribution in [0, 0.1) is 0 Å². The predicted molar refractivity (Wildman–Crippen MR) is 45.2 cm³/mol. The van der Waals surface area contributed by atoms with Crippen LogP contribution in [-0.4, -0.2) is 16.6 Å². The van der Waals surface area contributed by atoms with E-state index in [0.29, 0.717) is 0 Å². The second-order valence-electron chi connectivity index (χ2n) is 2.85. The number of carboxylic acids is 1. The third-order valence-electron chi connectivity index (χ3n) is 1.27. The number of rotatable bonds is 1. The summed E-state index contributed by atoms with van der Waals surface area (Å²) in [6, 6.07) is -0.843. The van der Waals surface area contributed by atoms with E-state index in [0.717, 1.165) is 0 Å². The molecule has 5 nitrogen and oxygen atoms in total. The highest BCUT2D eigenvalue weighted by Gasteiger charge is 1.87. The molecule has 0 saturated carbocycles. The third kappa shape index (κ3) is 5.86. The molecule has 0 radical (unpaired) electrons. The van der Waals surface area contributed by atoms with Gasteiger partial charge in [-0.3, -0.25) is 0 Å². The highest BCUT2D eigenvalue weighted by molar-refractivity contribution is 5.70. The molecule has 74 valence electrons. The molecular weight excluding hydrogens is 170 g/mol. The van der Waals surface area contributed by atoms with Crippen molar-refractivity contribution in [2.45, 2.75) is 13.0 Å². The molecule has 0 unspecified atom stereocenters. The molecule has 1 aromatic heterocycles. The van der Waals surface area contributed by atoms with E-state index in [1.807, 2.05) is 42.0 Å². The van der Waals surface area contributed by atoms with E-state index in [1.165, 1.54) is 6.92 Å². The Hall–Kier alpha value is -1.36. The van der Waals surface area contributed by atoms with Crippen LogP contribution in [0.15, 0.2) is 18.7 Å². The van der Waals surface area contributed by atoms with Crippen LogP contribution in [-0.2, 0) is 18.9 Å². The SMILES string of the molecule is C[C@H](N)C(=O)[O-].Cn1cc[n+](C)c1. The molecule has 13 heavy (non-hydrogen) atoms.